The Morgan fingerprint density at radius 2 is 2.07 bits per heavy atom. The van der Waals surface area contributed by atoms with Gasteiger partial charge in [-0.2, -0.15) is 0 Å². The molecule has 1 aliphatic rings. The lowest BCUT2D eigenvalue weighted by atomic mass is 10.1. The van der Waals surface area contributed by atoms with Crippen molar-refractivity contribution < 1.29 is 0 Å². The summed E-state index contributed by atoms with van der Waals surface area (Å²) in [6, 6.07) is 5.64. The number of halogens is 2. The summed E-state index contributed by atoms with van der Waals surface area (Å²) in [5.41, 5.74) is 1.11. The van der Waals surface area contributed by atoms with Gasteiger partial charge in [-0.3, -0.25) is 4.99 Å². The Balaban J connectivity index is 1.44. The van der Waals surface area contributed by atoms with Crippen LogP contribution >= 0.6 is 23.2 Å². The molecule has 0 bridgehead atoms. The van der Waals surface area contributed by atoms with E-state index in [0.717, 1.165) is 60.5 Å². The highest BCUT2D eigenvalue weighted by molar-refractivity contribution is 6.35. The highest BCUT2D eigenvalue weighted by atomic mass is 35.5. The van der Waals surface area contributed by atoms with Crippen LogP contribution in [0.4, 0.5) is 0 Å². The van der Waals surface area contributed by atoms with Crippen molar-refractivity contribution in [2.75, 3.05) is 13.6 Å². The Morgan fingerprint density at radius 1 is 1.19 bits per heavy atom. The molecule has 2 N–H and O–H groups in total. The van der Waals surface area contributed by atoms with Gasteiger partial charge in [-0.05, 0) is 43.4 Å². The summed E-state index contributed by atoms with van der Waals surface area (Å²) in [5, 5.41) is 16.7. The first-order valence-corrected chi connectivity index (χ1v) is 10.2. The number of hydrogen-bond acceptors (Lipinski definition) is 3. The summed E-state index contributed by atoms with van der Waals surface area (Å²) in [6.45, 7) is 2.43. The van der Waals surface area contributed by atoms with Crippen molar-refractivity contribution >= 4 is 29.2 Å². The minimum absolute atomic E-state index is 0.621. The van der Waals surface area contributed by atoms with E-state index in [1.807, 2.05) is 12.1 Å². The standard InChI is InChI=1S/C19H26Cl2N6/c1-22-19(23-10-5-6-14-8-9-15(20)12-16(14)21)24-13-18-26-25-17-7-3-2-4-11-27(17)18/h8-9,12H,2-7,10-11,13H2,1H3,(H2,22,23,24). The zero-order valence-electron chi connectivity index (χ0n) is 15.6. The molecule has 27 heavy (non-hydrogen) atoms. The van der Waals surface area contributed by atoms with Gasteiger partial charge in [-0.15, -0.1) is 10.2 Å². The number of nitrogens with zero attached hydrogens (tertiary/aromatic N) is 4. The Labute approximate surface area is 170 Å². The third-order valence-corrected chi connectivity index (χ3v) is 5.34. The van der Waals surface area contributed by atoms with Crippen molar-refractivity contribution in [3.63, 3.8) is 0 Å². The molecule has 0 atom stereocenters. The van der Waals surface area contributed by atoms with Gasteiger partial charge >= 0.3 is 0 Å². The Morgan fingerprint density at radius 3 is 2.89 bits per heavy atom. The van der Waals surface area contributed by atoms with Gasteiger partial charge in [0.05, 0.1) is 6.54 Å². The minimum Gasteiger partial charge on any atom is -0.356 e. The van der Waals surface area contributed by atoms with Gasteiger partial charge in [0.15, 0.2) is 11.8 Å². The number of fused-ring (bicyclic) bond motifs is 1. The fourth-order valence-electron chi connectivity index (χ4n) is 3.27. The van der Waals surface area contributed by atoms with Crippen LogP contribution in [0.25, 0.3) is 0 Å². The van der Waals surface area contributed by atoms with Gasteiger partial charge in [-0.1, -0.05) is 35.7 Å². The number of rotatable bonds is 6. The molecule has 2 aromatic rings. The van der Waals surface area contributed by atoms with Gasteiger partial charge in [0.1, 0.15) is 5.82 Å². The zero-order valence-corrected chi connectivity index (χ0v) is 17.2. The van der Waals surface area contributed by atoms with E-state index in [1.165, 1.54) is 19.3 Å². The van der Waals surface area contributed by atoms with Crippen LogP contribution in [-0.4, -0.2) is 34.3 Å². The third-order valence-electron chi connectivity index (χ3n) is 4.75. The van der Waals surface area contributed by atoms with E-state index in [2.05, 4.69) is 30.4 Å². The summed E-state index contributed by atoms with van der Waals surface area (Å²) in [4.78, 5) is 4.29. The molecule has 0 saturated heterocycles. The molecule has 6 nitrogen and oxygen atoms in total. The topological polar surface area (TPSA) is 67.1 Å². The lowest BCUT2D eigenvalue weighted by Crippen LogP contribution is -2.38. The molecular weight excluding hydrogens is 383 g/mol. The molecule has 0 fully saturated rings. The highest BCUT2D eigenvalue weighted by Gasteiger charge is 2.14. The van der Waals surface area contributed by atoms with Crippen molar-refractivity contribution in [2.24, 2.45) is 4.99 Å². The van der Waals surface area contributed by atoms with Crippen LogP contribution < -0.4 is 10.6 Å². The average molecular weight is 409 g/mol. The minimum atomic E-state index is 0.621. The largest absolute Gasteiger partial charge is 0.356 e. The molecule has 0 saturated carbocycles. The summed E-state index contributed by atoms with van der Waals surface area (Å²) in [5.74, 6) is 2.85. The first kappa shape index (κ1) is 20.0. The van der Waals surface area contributed by atoms with Crippen LogP contribution in [-0.2, 0) is 25.9 Å². The number of aryl methyl sites for hydroxylation is 2. The molecule has 0 radical (unpaired) electrons. The molecule has 0 amide bonds. The lowest BCUT2D eigenvalue weighted by molar-refractivity contribution is 0.596. The predicted octanol–water partition coefficient (Wildman–Crippen LogP) is 3.61. The van der Waals surface area contributed by atoms with Crippen LogP contribution in [0.1, 0.15) is 42.9 Å². The van der Waals surface area contributed by atoms with Crippen LogP contribution in [0.5, 0.6) is 0 Å². The molecule has 3 rings (SSSR count). The quantitative estimate of drug-likeness (QED) is 0.435. The molecule has 1 aliphatic heterocycles. The smallest absolute Gasteiger partial charge is 0.191 e. The normalized spacial score (nSPS) is 14.6. The van der Waals surface area contributed by atoms with Gasteiger partial charge in [0.25, 0.3) is 0 Å². The van der Waals surface area contributed by atoms with E-state index >= 15 is 0 Å². The summed E-state index contributed by atoms with van der Waals surface area (Å²) in [6.07, 6.45) is 6.51. The molecular formula is C19H26Cl2N6. The zero-order chi connectivity index (χ0) is 19.1. The number of aromatic nitrogens is 3. The fourth-order valence-corrected chi connectivity index (χ4v) is 3.77. The van der Waals surface area contributed by atoms with Gasteiger partial charge in [0.2, 0.25) is 0 Å². The van der Waals surface area contributed by atoms with Crippen LogP contribution in [0.3, 0.4) is 0 Å². The number of hydrogen-bond donors (Lipinski definition) is 2. The Bertz CT molecular complexity index is 787. The van der Waals surface area contributed by atoms with Crippen molar-refractivity contribution in [2.45, 2.75) is 51.6 Å². The van der Waals surface area contributed by atoms with Crippen LogP contribution in [0, 0.1) is 0 Å². The predicted molar refractivity (Wildman–Crippen MR) is 111 cm³/mol. The van der Waals surface area contributed by atoms with E-state index in [1.54, 1.807) is 13.1 Å². The summed E-state index contributed by atoms with van der Waals surface area (Å²) < 4.78 is 2.25. The van der Waals surface area contributed by atoms with Crippen molar-refractivity contribution in [3.8, 4) is 0 Å². The number of aliphatic imine (C=N–C) groups is 1. The molecule has 1 aromatic carbocycles. The molecule has 0 aliphatic carbocycles. The maximum absolute atomic E-state index is 6.22. The average Bonchev–Trinajstić information content (AvgIpc) is 2.89. The van der Waals surface area contributed by atoms with Crippen molar-refractivity contribution in [1.82, 2.24) is 25.4 Å². The van der Waals surface area contributed by atoms with Crippen molar-refractivity contribution in [3.05, 3.63) is 45.5 Å². The second-order valence-electron chi connectivity index (χ2n) is 6.69. The van der Waals surface area contributed by atoms with Gasteiger partial charge in [0, 0.05) is 36.6 Å². The van der Waals surface area contributed by atoms with Crippen molar-refractivity contribution in [1.29, 1.82) is 0 Å². The maximum Gasteiger partial charge on any atom is 0.191 e. The molecule has 8 heteroatoms. The second kappa shape index (κ2) is 9.95. The fraction of sp³-hybridized carbons (Fsp3) is 0.526. The number of benzene rings is 1. The molecule has 146 valence electrons. The Kier molecular flexibility index (Phi) is 7.35. The second-order valence-corrected chi connectivity index (χ2v) is 7.53. The van der Waals surface area contributed by atoms with E-state index in [9.17, 15) is 0 Å². The molecule has 0 unspecified atom stereocenters. The van der Waals surface area contributed by atoms with Crippen LogP contribution in [0.15, 0.2) is 23.2 Å². The van der Waals surface area contributed by atoms with E-state index in [-0.39, 0.29) is 0 Å². The van der Waals surface area contributed by atoms with Gasteiger partial charge in [-0.25, -0.2) is 0 Å². The SMILES string of the molecule is CN=C(NCCCc1ccc(Cl)cc1Cl)NCc1nnc2n1CCCCC2. The highest BCUT2D eigenvalue weighted by Crippen LogP contribution is 2.21. The van der Waals surface area contributed by atoms with E-state index in [4.69, 9.17) is 23.2 Å². The van der Waals surface area contributed by atoms with E-state index in [0.29, 0.717) is 11.6 Å². The Hall–Kier alpha value is -1.79. The third kappa shape index (κ3) is 5.59. The number of guanidine groups is 1. The number of nitrogens with one attached hydrogen (secondary N) is 2. The maximum atomic E-state index is 6.22. The van der Waals surface area contributed by atoms with Gasteiger partial charge < -0.3 is 15.2 Å². The van der Waals surface area contributed by atoms with E-state index < -0.39 is 0 Å². The monoisotopic (exact) mass is 408 g/mol. The first-order chi connectivity index (χ1) is 13.2. The molecule has 2 heterocycles. The summed E-state index contributed by atoms with van der Waals surface area (Å²) in [7, 11) is 1.77. The lowest BCUT2D eigenvalue weighted by Gasteiger charge is -2.13. The molecule has 0 spiro atoms. The van der Waals surface area contributed by atoms with Crippen LogP contribution in [0.2, 0.25) is 10.0 Å². The first-order valence-electron chi connectivity index (χ1n) is 9.47. The molecule has 1 aromatic heterocycles. The summed E-state index contributed by atoms with van der Waals surface area (Å²) >= 11 is 12.2.